The Hall–Kier alpha value is -0.780. The average Bonchev–Trinajstić information content (AvgIpc) is 2.07. The van der Waals surface area contributed by atoms with Crippen LogP contribution in [0.15, 0.2) is 18.2 Å². The Labute approximate surface area is 103 Å². The summed E-state index contributed by atoms with van der Waals surface area (Å²) >= 11 is 11.4. The molecule has 0 aliphatic carbocycles. The molecule has 88 valence electrons. The minimum absolute atomic E-state index is 0.211. The molecule has 0 N–H and O–H groups in total. The van der Waals surface area contributed by atoms with Gasteiger partial charge in [0.2, 0.25) is 0 Å². The van der Waals surface area contributed by atoms with Gasteiger partial charge in [0.15, 0.2) is 0 Å². The van der Waals surface area contributed by atoms with Gasteiger partial charge in [-0.3, -0.25) is 4.79 Å². The summed E-state index contributed by atoms with van der Waals surface area (Å²) in [5, 5.41) is 0.613. The van der Waals surface area contributed by atoms with Crippen molar-refractivity contribution in [2.24, 2.45) is 0 Å². The van der Waals surface area contributed by atoms with Gasteiger partial charge in [-0.15, -0.1) is 0 Å². The van der Waals surface area contributed by atoms with Gasteiger partial charge < -0.3 is 4.18 Å². The Morgan fingerprint density at radius 2 is 2.00 bits per heavy atom. The van der Waals surface area contributed by atoms with Crippen molar-refractivity contribution in [1.82, 2.24) is 0 Å². The highest BCUT2D eigenvalue weighted by Crippen LogP contribution is 2.23. The topological polar surface area (TPSA) is 60.4 Å². The van der Waals surface area contributed by atoms with Crippen molar-refractivity contribution in [2.45, 2.75) is 12.7 Å². The molecule has 0 bridgehead atoms. The van der Waals surface area contributed by atoms with Crippen LogP contribution in [0, 0.1) is 0 Å². The Kier molecular flexibility index (Phi) is 4.18. The Morgan fingerprint density at radius 1 is 1.38 bits per heavy atom. The largest absolute Gasteiger partial charge is 0.346 e. The zero-order chi connectivity index (χ0) is 12.3. The molecule has 4 nitrogen and oxygen atoms in total. The van der Waals surface area contributed by atoms with Crippen LogP contribution in [0.3, 0.4) is 0 Å². The van der Waals surface area contributed by atoms with Gasteiger partial charge in [0.05, 0.1) is 0 Å². The molecule has 0 atom stereocenters. The van der Waals surface area contributed by atoms with Crippen LogP contribution in [0.25, 0.3) is 0 Å². The maximum Gasteiger partial charge on any atom is 0.319 e. The van der Waals surface area contributed by atoms with Crippen molar-refractivity contribution >= 4 is 39.3 Å². The predicted molar refractivity (Wildman–Crippen MR) is 60.9 cm³/mol. The normalized spacial score (nSPS) is 11.2. The first-order valence-corrected chi connectivity index (χ1v) is 6.50. The number of rotatable bonds is 3. The molecule has 16 heavy (non-hydrogen) atoms. The number of carbonyl (C=O) groups excluding carboxylic acids is 1. The lowest BCUT2D eigenvalue weighted by molar-refractivity contribution is -0.131. The van der Waals surface area contributed by atoms with Crippen LogP contribution in [-0.4, -0.2) is 14.4 Å². The summed E-state index contributed by atoms with van der Waals surface area (Å²) in [4.78, 5) is 10.5. The molecule has 7 heteroatoms. The van der Waals surface area contributed by atoms with Gasteiger partial charge in [-0.2, -0.15) is 8.42 Å². The first-order chi connectivity index (χ1) is 7.30. The van der Waals surface area contributed by atoms with Crippen LogP contribution in [0.2, 0.25) is 10.0 Å². The summed E-state index contributed by atoms with van der Waals surface area (Å²) in [6, 6.07) is 4.39. The fourth-order valence-corrected chi connectivity index (χ4v) is 2.64. The molecule has 0 spiro atoms. The molecule has 0 saturated heterocycles. The summed E-state index contributed by atoms with van der Waals surface area (Å²) in [5.41, 5.74) is 0.326. The third kappa shape index (κ3) is 4.00. The Morgan fingerprint density at radius 3 is 2.50 bits per heavy atom. The summed E-state index contributed by atoms with van der Waals surface area (Å²) in [7, 11) is -3.95. The molecule has 0 fully saturated rings. The smallest absolute Gasteiger partial charge is 0.319 e. The molecule has 0 radical (unpaired) electrons. The quantitative estimate of drug-likeness (QED) is 0.799. The lowest BCUT2D eigenvalue weighted by Crippen LogP contribution is -2.12. The monoisotopic (exact) mass is 282 g/mol. The second kappa shape index (κ2) is 5.03. The average molecular weight is 283 g/mol. The molecule has 1 aromatic carbocycles. The fourth-order valence-electron chi connectivity index (χ4n) is 1.04. The number of benzene rings is 1. The molecular weight excluding hydrogens is 275 g/mol. The van der Waals surface area contributed by atoms with Crippen molar-refractivity contribution in [1.29, 1.82) is 0 Å². The van der Waals surface area contributed by atoms with E-state index in [1.54, 1.807) is 0 Å². The van der Waals surface area contributed by atoms with Crippen LogP contribution >= 0.6 is 23.2 Å². The summed E-state index contributed by atoms with van der Waals surface area (Å²) < 4.78 is 26.8. The van der Waals surface area contributed by atoms with Crippen LogP contribution in [0.1, 0.15) is 12.5 Å². The van der Waals surface area contributed by atoms with Crippen molar-refractivity contribution in [3.63, 3.8) is 0 Å². The van der Waals surface area contributed by atoms with Crippen molar-refractivity contribution in [3.05, 3.63) is 33.8 Å². The Balaban J connectivity index is 2.92. The molecule has 0 aliphatic rings. The van der Waals surface area contributed by atoms with E-state index in [4.69, 9.17) is 23.2 Å². The van der Waals surface area contributed by atoms with E-state index in [0.29, 0.717) is 10.6 Å². The molecule has 0 aliphatic heterocycles. The second-order valence-electron chi connectivity index (χ2n) is 3.01. The molecule has 0 heterocycles. The number of hydrogen-bond donors (Lipinski definition) is 0. The van der Waals surface area contributed by atoms with Crippen molar-refractivity contribution < 1.29 is 17.4 Å². The van der Waals surface area contributed by atoms with Crippen LogP contribution in [-0.2, 0) is 24.8 Å². The molecule has 1 rings (SSSR count). The number of halogens is 2. The lowest BCUT2D eigenvalue weighted by Gasteiger charge is -2.05. The zero-order valence-corrected chi connectivity index (χ0v) is 10.6. The van der Waals surface area contributed by atoms with Gasteiger partial charge >= 0.3 is 16.1 Å². The number of carbonyl (C=O) groups is 1. The second-order valence-corrected chi connectivity index (χ2v) is 5.43. The van der Waals surface area contributed by atoms with E-state index in [2.05, 4.69) is 4.18 Å². The van der Waals surface area contributed by atoms with E-state index in [1.165, 1.54) is 18.2 Å². The van der Waals surface area contributed by atoms with Gasteiger partial charge in [0.1, 0.15) is 5.75 Å². The molecule has 0 saturated carbocycles. The zero-order valence-electron chi connectivity index (χ0n) is 8.24. The maximum atomic E-state index is 11.3. The molecule has 0 aromatic heterocycles. The standard InChI is InChI=1S/C9H8Cl2O4S/c1-6(12)15-16(13,14)5-7-2-3-8(10)4-9(7)11/h2-4H,5H2,1H3. The van der Waals surface area contributed by atoms with E-state index in [1.807, 2.05) is 0 Å². The predicted octanol–water partition coefficient (Wildman–Crippen LogP) is 2.39. The van der Waals surface area contributed by atoms with Crippen LogP contribution in [0.5, 0.6) is 0 Å². The van der Waals surface area contributed by atoms with E-state index >= 15 is 0 Å². The highest BCUT2D eigenvalue weighted by Gasteiger charge is 2.17. The summed E-state index contributed by atoms with van der Waals surface area (Å²) in [6.45, 7) is 1.01. The van der Waals surface area contributed by atoms with Crippen LogP contribution in [0.4, 0.5) is 0 Å². The van der Waals surface area contributed by atoms with E-state index in [-0.39, 0.29) is 5.02 Å². The third-order valence-electron chi connectivity index (χ3n) is 1.59. The van der Waals surface area contributed by atoms with Crippen molar-refractivity contribution in [3.8, 4) is 0 Å². The SMILES string of the molecule is CC(=O)OS(=O)(=O)Cc1ccc(Cl)cc1Cl. The first kappa shape index (κ1) is 13.3. The van der Waals surface area contributed by atoms with Crippen LogP contribution < -0.4 is 0 Å². The van der Waals surface area contributed by atoms with Gasteiger partial charge in [-0.05, 0) is 17.7 Å². The van der Waals surface area contributed by atoms with E-state index < -0.39 is 21.8 Å². The lowest BCUT2D eigenvalue weighted by atomic mass is 10.2. The third-order valence-corrected chi connectivity index (χ3v) is 3.33. The fraction of sp³-hybridized carbons (Fsp3) is 0.222. The highest BCUT2D eigenvalue weighted by atomic mass is 35.5. The minimum atomic E-state index is -3.95. The molecule has 0 amide bonds. The van der Waals surface area contributed by atoms with Gasteiger partial charge in [-0.1, -0.05) is 29.3 Å². The molecular formula is C9H8Cl2O4S. The highest BCUT2D eigenvalue weighted by molar-refractivity contribution is 7.86. The van der Waals surface area contributed by atoms with Gasteiger partial charge in [-0.25, -0.2) is 0 Å². The summed E-state index contributed by atoms with van der Waals surface area (Å²) in [5.74, 6) is -1.35. The first-order valence-electron chi connectivity index (χ1n) is 4.17. The van der Waals surface area contributed by atoms with E-state index in [0.717, 1.165) is 6.92 Å². The number of hydrogen-bond acceptors (Lipinski definition) is 4. The molecule has 0 unspecified atom stereocenters. The van der Waals surface area contributed by atoms with Gasteiger partial charge in [0.25, 0.3) is 0 Å². The molecule has 1 aromatic rings. The summed E-state index contributed by atoms with van der Waals surface area (Å²) in [6.07, 6.45) is 0. The van der Waals surface area contributed by atoms with E-state index in [9.17, 15) is 13.2 Å². The minimum Gasteiger partial charge on any atom is -0.346 e. The van der Waals surface area contributed by atoms with Gasteiger partial charge in [0, 0.05) is 17.0 Å². The maximum absolute atomic E-state index is 11.3. The Bertz CT molecular complexity index is 510. The van der Waals surface area contributed by atoms with Crippen molar-refractivity contribution in [2.75, 3.05) is 0 Å².